The van der Waals surface area contributed by atoms with Gasteiger partial charge in [0.05, 0.1) is 10.6 Å². The van der Waals surface area contributed by atoms with Crippen molar-refractivity contribution in [1.82, 2.24) is 15.0 Å². The van der Waals surface area contributed by atoms with Crippen molar-refractivity contribution in [3.8, 4) is 5.69 Å². The molecule has 0 unspecified atom stereocenters. The lowest BCUT2D eigenvalue weighted by molar-refractivity contribution is 0.592. The van der Waals surface area contributed by atoms with Crippen molar-refractivity contribution in [2.75, 3.05) is 5.73 Å². The van der Waals surface area contributed by atoms with E-state index >= 15 is 0 Å². The average Bonchev–Trinajstić information content (AvgIpc) is 2.91. The molecule has 0 amide bonds. The Balaban J connectivity index is 2.10. The molecule has 112 valence electrons. The minimum absolute atomic E-state index is 0.00675. The SMILES string of the molecule is Cc1ccc(-n2nnc(S(=O)(=O)c3ccccc3)c2N)cc1. The molecule has 3 aromatic rings. The van der Waals surface area contributed by atoms with Crippen LogP contribution in [-0.2, 0) is 9.84 Å². The number of aromatic nitrogens is 3. The molecule has 0 bridgehead atoms. The lowest BCUT2D eigenvalue weighted by Crippen LogP contribution is -2.07. The first-order valence-electron chi connectivity index (χ1n) is 6.58. The topological polar surface area (TPSA) is 90.9 Å². The summed E-state index contributed by atoms with van der Waals surface area (Å²) in [6.07, 6.45) is 0. The highest BCUT2D eigenvalue weighted by Gasteiger charge is 2.26. The fourth-order valence-electron chi connectivity index (χ4n) is 2.05. The van der Waals surface area contributed by atoms with Crippen LogP contribution in [0.15, 0.2) is 64.5 Å². The van der Waals surface area contributed by atoms with Gasteiger partial charge in [0.25, 0.3) is 0 Å². The van der Waals surface area contributed by atoms with E-state index in [0.717, 1.165) is 5.56 Å². The summed E-state index contributed by atoms with van der Waals surface area (Å²) in [4.78, 5) is 0.137. The number of nitrogen functional groups attached to an aromatic ring is 1. The van der Waals surface area contributed by atoms with Gasteiger partial charge < -0.3 is 5.73 Å². The van der Waals surface area contributed by atoms with Crippen molar-refractivity contribution in [2.24, 2.45) is 0 Å². The molecular weight excluding hydrogens is 300 g/mol. The van der Waals surface area contributed by atoms with Gasteiger partial charge in [-0.2, -0.15) is 4.68 Å². The first kappa shape index (κ1) is 14.3. The highest BCUT2D eigenvalue weighted by molar-refractivity contribution is 7.91. The van der Waals surface area contributed by atoms with Crippen LogP contribution in [0.4, 0.5) is 5.82 Å². The predicted octanol–water partition coefficient (Wildman–Crippen LogP) is 1.99. The maximum absolute atomic E-state index is 12.6. The van der Waals surface area contributed by atoms with E-state index in [1.807, 2.05) is 19.1 Å². The van der Waals surface area contributed by atoms with Crippen LogP contribution < -0.4 is 5.73 Å². The van der Waals surface area contributed by atoms with Crippen LogP contribution >= 0.6 is 0 Å². The monoisotopic (exact) mass is 314 g/mol. The smallest absolute Gasteiger partial charge is 0.229 e. The normalized spacial score (nSPS) is 11.5. The Morgan fingerprint density at radius 1 is 1.00 bits per heavy atom. The van der Waals surface area contributed by atoms with Gasteiger partial charge in [-0.05, 0) is 31.2 Å². The summed E-state index contributed by atoms with van der Waals surface area (Å²) in [5.41, 5.74) is 7.70. The van der Waals surface area contributed by atoms with Gasteiger partial charge in [0, 0.05) is 0 Å². The summed E-state index contributed by atoms with van der Waals surface area (Å²) in [6.45, 7) is 1.96. The van der Waals surface area contributed by atoms with Crippen molar-refractivity contribution in [3.63, 3.8) is 0 Å². The number of benzene rings is 2. The van der Waals surface area contributed by atoms with Crippen molar-refractivity contribution < 1.29 is 8.42 Å². The van der Waals surface area contributed by atoms with E-state index in [1.54, 1.807) is 30.3 Å². The van der Waals surface area contributed by atoms with Gasteiger partial charge in [-0.15, -0.1) is 5.10 Å². The van der Waals surface area contributed by atoms with Crippen molar-refractivity contribution >= 4 is 15.7 Å². The number of hydrogen-bond acceptors (Lipinski definition) is 5. The molecular formula is C15H14N4O2S. The Hall–Kier alpha value is -2.67. The molecule has 6 nitrogen and oxygen atoms in total. The minimum Gasteiger partial charge on any atom is -0.381 e. The second kappa shape index (κ2) is 5.27. The number of rotatable bonds is 3. The molecule has 0 spiro atoms. The van der Waals surface area contributed by atoms with E-state index in [4.69, 9.17) is 5.73 Å². The van der Waals surface area contributed by atoms with Crippen LogP contribution in [0, 0.1) is 6.92 Å². The van der Waals surface area contributed by atoms with Crippen molar-refractivity contribution in [1.29, 1.82) is 0 Å². The zero-order valence-corrected chi connectivity index (χ0v) is 12.7. The van der Waals surface area contributed by atoms with Gasteiger partial charge in [-0.3, -0.25) is 0 Å². The number of aryl methyl sites for hydroxylation is 1. The van der Waals surface area contributed by atoms with Gasteiger partial charge in [0.2, 0.25) is 14.9 Å². The quantitative estimate of drug-likeness (QED) is 0.798. The van der Waals surface area contributed by atoms with Gasteiger partial charge in [-0.1, -0.05) is 41.1 Å². The highest BCUT2D eigenvalue weighted by atomic mass is 32.2. The average molecular weight is 314 g/mol. The molecule has 0 radical (unpaired) electrons. The van der Waals surface area contributed by atoms with E-state index in [1.165, 1.54) is 16.8 Å². The van der Waals surface area contributed by atoms with Crippen LogP contribution in [0.3, 0.4) is 0 Å². The van der Waals surface area contributed by atoms with Crippen LogP contribution in [0.1, 0.15) is 5.56 Å². The molecule has 7 heteroatoms. The Labute approximate surface area is 128 Å². The lowest BCUT2D eigenvalue weighted by atomic mass is 10.2. The first-order chi connectivity index (χ1) is 10.5. The molecule has 1 heterocycles. The minimum atomic E-state index is -3.78. The van der Waals surface area contributed by atoms with Crippen molar-refractivity contribution in [3.05, 3.63) is 60.2 Å². The van der Waals surface area contributed by atoms with Crippen LogP contribution in [0.5, 0.6) is 0 Å². The maximum Gasteiger partial charge on any atom is 0.229 e. The number of nitrogens with zero attached hydrogens (tertiary/aromatic N) is 3. The summed E-state index contributed by atoms with van der Waals surface area (Å²) in [6, 6.07) is 15.4. The van der Waals surface area contributed by atoms with Crippen LogP contribution in [0.25, 0.3) is 5.69 Å². The number of anilines is 1. The summed E-state index contributed by atoms with van der Waals surface area (Å²) in [5.74, 6) is -0.00675. The fourth-order valence-corrected chi connectivity index (χ4v) is 3.30. The number of sulfone groups is 1. The standard InChI is InChI=1S/C15H14N4O2S/c1-11-7-9-12(10-8-11)19-14(16)15(17-18-19)22(20,21)13-5-3-2-4-6-13/h2-10H,16H2,1H3. The molecule has 2 N–H and O–H groups in total. The van der Waals surface area contributed by atoms with E-state index in [-0.39, 0.29) is 15.7 Å². The summed E-state index contributed by atoms with van der Waals surface area (Å²) >= 11 is 0. The third-order valence-electron chi connectivity index (χ3n) is 3.26. The molecule has 0 saturated carbocycles. The van der Waals surface area contributed by atoms with Gasteiger partial charge >= 0.3 is 0 Å². The first-order valence-corrected chi connectivity index (χ1v) is 8.07. The fraction of sp³-hybridized carbons (Fsp3) is 0.0667. The third-order valence-corrected chi connectivity index (χ3v) is 4.95. The van der Waals surface area contributed by atoms with E-state index in [9.17, 15) is 8.42 Å². The number of nitrogens with two attached hydrogens (primary N) is 1. The largest absolute Gasteiger partial charge is 0.381 e. The Kier molecular flexibility index (Phi) is 3.42. The summed E-state index contributed by atoms with van der Waals surface area (Å²) in [7, 11) is -3.78. The van der Waals surface area contributed by atoms with Gasteiger partial charge in [-0.25, -0.2) is 8.42 Å². The van der Waals surface area contributed by atoms with Crippen LogP contribution in [-0.4, -0.2) is 23.4 Å². The molecule has 22 heavy (non-hydrogen) atoms. The molecule has 3 rings (SSSR count). The summed E-state index contributed by atoms with van der Waals surface area (Å²) < 4.78 is 26.4. The molecule has 0 aliphatic heterocycles. The molecule has 0 fully saturated rings. The zero-order valence-electron chi connectivity index (χ0n) is 11.8. The Morgan fingerprint density at radius 3 is 2.27 bits per heavy atom. The molecule has 0 atom stereocenters. The Bertz CT molecular complexity index is 900. The Morgan fingerprint density at radius 2 is 1.64 bits per heavy atom. The molecule has 2 aromatic carbocycles. The van der Waals surface area contributed by atoms with E-state index < -0.39 is 9.84 Å². The summed E-state index contributed by atoms with van der Waals surface area (Å²) in [5, 5.41) is 7.40. The zero-order chi connectivity index (χ0) is 15.7. The third kappa shape index (κ3) is 2.35. The number of hydrogen-bond donors (Lipinski definition) is 1. The van der Waals surface area contributed by atoms with Crippen molar-refractivity contribution in [2.45, 2.75) is 16.8 Å². The van der Waals surface area contributed by atoms with E-state index in [0.29, 0.717) is 5.69 Å². The highest BCUT2D eigenvalue weighted by Crippen LogP contribution is 2.25. The van der Waals surface area contributed by atoms with Gasteiger partial charge in [0.15, 0.2) is 5.82 Å². The van der Waals surface area contributed by atoms with Gasteiger partial charge in [0.1, 0.15) is 0 Å². The second-order valence-electron chi connectivity index (χ2n) is 4.84. The van der Waals surface area contributed by atoms with Crippen LogP contribution in [0.2, 0.25) is 0 Å². The molecule has 0 aliphatic rings. The maximum atomic E-state index is 12.6. The predicted molar refractivity (Wildman–Crippen MR) is 82.4 cm³/mol. The second-order valence-corrected chi connectivity index (χ2v) is 6.71. The van der Waals surface area contributed by atoms with E-state index in [2.05, 4.69) is 10.3 Å². The molecule has 0 saturated heterocycles. The lowest BCUT2D eigenvalue weighted by Gasteiger charge is -2.04. The molecule has 1 aromatic heterocycles. The molecule has 0 aliphatic carbocycles.